The van der Waals surface area contributed by atoms with E-state index >= 15 is 0 Å². The van der Waals surface area contributed by atoms with Crippen LogP contribution in [0.5, 0.6) is 0 Å². The number of rotatable bonds is 5. The largest absolute Gasteiger partial charge is 0.359 e. The molecule has 0 aromatic heterocycles. The van der Waals surface area contributed by atoms with Crippen molar-refractivity contribution in [2.24, 2.45) is 0 Å². The van der Waals surface area contributed by atoms with Crippen LogP contribution in [0, 0.1) is 0 Å². The molecule has 1 aliphatic heterocycles. The van der Waals surface area contributed by atoms with Crippen LogP contribution >= 0.6 is 11.6 Å². The van der Waals surface area contributed by atoms with Gasteiger partial charge in [0.05, 0.1) is 36.9 Å². The zero-order valence-corrected chi connectivity index (χ0v) is 14.4. The maximum absolute atomic E-state index is 12.1. The quantitative estimate of drug-likeness (QED) is 0.859. The lowest BCUT2D eigenvalue weighted by atomic mass is 10.2. The second-order valence-corrected chi connectivity index (χ2v) is 6.53. The van der Waals surface area contributed by atoms with Crippen LogP contribution in [0.15, 0.2) is 54.6 Å². The molecular weight excluding hydrogens is 322 g/mol. The van der Waals surface area contributed by atoms with E-state index in [0.29, 0.717) is 13.1 Å². The highest BCUT2D eigenvalue weighted by atomic mass is 35.5. The number of halogens is 1. The lowest BCUT2D eigenvalue weighted by Gasteiger charge is -2.33. The lowest BCUT2D eigenvalue weighted by molar-refractivity contribution is -0.892. The molecule has 0 unspecified atom stereocenters. The molecule has 3 rings (SSSR count). The monoisotopic (exact) mass is 344 g/mol. The number of para-hydroxylation sites is 1. The summed E-state index contributed by atoms with van der Waals surface area (Å²) in [6, 6.07) is 17.9. The molecule has 0 spiro atoms. The number of piperazine rings is 1. The van der Waals surface area contributed by atoms with Crippen molar-refractivity contribution < 1.29 is 9.69 Å². The number of carbonyl (C=O) groups excluding carboxylic acids is 1. The summed E-state index contributed by atoms with van der Waals surface area (Å²) in [6.07, 6.45) is 0. The molecule has 2 N–H and O–H groups in total. The molecule has 1 heterocycles. The summed E-state index contributed by atoms with van der Waals surface area (Å²) in [6.45, 7) is 4.87. The highest BCUT2D eigenvalue weighted by Gasteiger charge is 2.23. The smallest absolute Gasteiger partial charge is 0.275 e. The average molecular weight is 345 g/mol. The van der Waals surface area contributed by atoms with Gasteiger partial charge in [-0.25, -0.2) is 0 Å². The number of carbonyl (C=O) groups is 1. The minimum atomic E-state index is 0.111. The van der Waals surface area contributed by atoms with E-state index in [4.69, 9.17) is 11.6 Å². The standard InChI is InChI=1S/C19H22ClN3O/c20-17-8-4-5-9-18(17)23-12-10-22(11-13-23)15-19(24)21-14-16-6-2-1-3-7-16/h1-9H,10-15H2,(H,21,24)/p+1. The van der Waals surface area contributed by atoms with Gasteiger partial charge in [0.1, 0.15) is 0 Å². The molecular formula is C19H23ClN3O+. The first-order valence-corrected chi connectivity index (χ1v) is 8.74. The Morgan fingerprint density at radius 2 is 1.71 bits per heavy atom. The van der Waals surface area contributed by atoms with Gasteiger partial charge < -0.3 is 15.1 Å². The van der Waals surface area contributed by atoms with Crippen molar-refractivity contribution in [1.82, 2.24) is 5.32 Å². The molecule has 1 aliphatic rings. The number of amides is 1. The van der Waals surface area contributed by atoms with Crippen LogP contribution in [0.1, 0.15) is 5.56 Å². The first-order valence-electron chi connectivity index (χ1n) is 8.36. The van der Waals surface area contributed by atoms with Gasteiger partial charge in [-0.3, -0.25) is 4.79 Å². The Morgan fingerprint density at radius 3 is 2.42 bits per heavy atom. The first-order chi connectivity index (χ1) is 11.7. The van der Waals surface area contributed by atoms with Gasteiger partial charge in [-0.05, 0) is 17.7 Å². The number of benzene rings is 2. The van der Waals surface area contributed by atoms with Crippen molar-refractivity contribution in [3.63, 3.8) is 0 Å². The number of hydrogen-bond acceptors (Lipinski definition) is 2. The van der Waals surface area contributed by atoms with Gasteiger partial charge in [-0.15, -0.1) is 0 Å². The van der Waals surface area contributed by atoms with Crippen molar-refractivity contribution in [3.05, 3.63) is 65.2 Å². The maximum Gasteiger partial charge on any atom is 0.275 e. The van der Waals surface area contributed by atoms with Gasteiger partial charge in [0.25, 0.3) is 5.91 Å². The number of hydrogen-bond donors (Lipinski definition) is 2. The molecule has 126 valence electrons. The fourth-order valence-electron chi connectivity index (χ4n) is 3.03. The molecule has 5 heteroatoms. The minimum Gasteiger partial charge on any atom is -0.359 e. The van der Waals surface area contributed by atoms with Crippen molar-refractivity contribution in [2.45, 2.75) is 6.54 Å². The van der Waals surface area contributed by atoms with E-state index in [1.807, 2.05) is 48.5 Å². The third-order valence-electron chi connectivity index (χ3n) is 4.41. The number of anilines is 1. The third kappa shape index (κ3) is 4.49. The lowest BCUT2D eigenvalue weighted by Crippen LogP contribution is -3.15. The Hall–Kier alpha value is -2.04. The van der Waals surface area contributed by atoms with Crippen LogP contribution < -0.4 is 15.1 Å². The average Bonchev–Trinajstić information content (AvgIpc) is 2.62. The molecule has 0 atom stereocenters. The summed E-state index contributed by atoms with van der Waals surface area (Å²) < 4.78 is 0. The second-order valence-electron chi connectivity index (χ2n) is 6.13. The molecule has 0 aliphatic carbocycles. The fraction of sp³-hybridized carbons (Fsp3) is 0.316. The molecule has 1 saturated heterocycles. The summed E-state index contributed by atoms with van der Waals surface area (Å²) in [5.41, 5.74) is 2.22. The third-order valence-corrected chi connectivity index (χ3v) is 4.73. The fourth-order valence-corrected chi connectivity index (χ4v) is 3.29. The zero-order valence-electron chi connectivity index (χ0n) is 13.7. The van der Waals surface area contributed by atoms with Crippen LogP contribution in [0.3, 0.4) is 0 Å². The van der Waals surface area contributed by atoms with E-state index in [-0.39, 0.29) is 5.91 Å². The number of nitrogens with one attached hydrogen (secondary N) is 2. The Balaban J connectivity index is 1.44. The Morgan fingerprint density at radius 1 is 1.04 bits per heavy atom. The molecule has 2 aromatic rings. The van der Waals surface area contributed by atoms with Crippen molar-refractivity contribution in [1.29, 1.82) is 0 Å². The first kappa shape index (κ1) is 16.8. The Kier molecular flexibility index (Phi) is 5.72. The summed E-state index contributed by atoms with van der Waals surface area (Å²) >= 11 is 6.27. The van der Waals surface area contributed by atoms with Crippen LogP contribution in [0.2, 0.25) is 5.02 Å². The maximum atomic E-state index is 12.1. The van der Waals surface area contributed by atoms with E-state index in [9.17, 15) is 4.79 Å². The van der Waals surface area contributed by atoms with Crippen LogP contribution in [-0.2, 0) is 11.3 Å². The van der Waals surface area contributed by atoms with E-state index < -0.39 is 0 Å². The molecule has 0 saturated carbocycles. The van der Waals surface area contributed by atoms with Gasteiger partial charge in [-0.1, -0.05) is 54.1 Å². The highest BCUT2D eigenvalue weighted by Crippen LogP contribution is 2.24. The Bertz CT molecular complexity index is 669. The van der Waals surface area contributed by atoms with Crippen LogP contribution in [0.25, 0.3) is 0 Å². The molecule has 24 heavy (non-hydrogen) atoms. The van der Waals surface area contributed by atoms with Gasteiger partial charge in [0.2, 0.25) is 0 Å². The molecule has 0 bridgehead atoms. The SMILES string of the molecule is O=C(C[NH+]1CCN(c2ccccc2Cl)CC1)NCc1ccccc1. The van der Waals surface area contributed by atoms with E-state index in [1.165, 1.54) is 4.90 Å². The van der Waals surface area contributed by atoms with Crippen molar-refractivity contribution >= 4 is 23.2 Å². The second kappa shape index (κ2) is 8.18. The van der Waals surface area contributed by atoms with Crippen molar-refractivity contribution in [2.75, 3.05) is 37.6 Å². The predicted octanol–water partition coefficient (Wildman–Crippen LogP) is 1.36. The number of quaternary nitrogens is 1. The van der Waals surface area contributed by atoms with Crippen LogP contribution in [-0.4, -0.2) is 38.6 Å². The van der Waals surface area contributed by atoms with Gasteiger partial charge >= 0.3 is 0 Å². The van der Waals surface area contributed by atoms with E-state index in [0.717, 1.165) is 42.5 Å². The summed E-state index contributed by atoms with van der Waals surface area (Å²) in [5.74, 6) is 0.111. The van der Waals surface area contributed by atoms with E-state index in [2.05, 4.69) is 16.3 Å². The van der Waals surface area contributed by atoms with Gasteiger partial charge in [0, 0.05) is 6.54 Å². The van der Waals surface area contributed by atoms with Crippen LogP contribution in [0.4, 0.5) is 5.69 Å². The molecule has 4 nitrogen and oxygen atoms in total. The number of nitrogens with zero attached hydrogens (tertiary/aromatic N) is 1. The predicted molar refractivity (Wildman–Crippen MR) is 97.5 cm³/mol. The highest BCUT2D eigenvalue weighted by molar-refractivity contribution is 6.33. The summed E-state index contributed by atoms with van der Waals surface area (Å²) in [7, 11) is 0. The Labute approximate surface area is 148 Å². The van der Waals surface area contributed by atoms with Gasteiger partial charge in [-0.2, -0.15) is 0 Å². The normalized spacial score (nSPS) is 15.3. The van der Waals surface area contributed by atoms with Crippen molar-refractivity contribution in [3.8, 4) is 0 Å². The molecule has 1 amide bonds. The molecule has 2 aromatic carbocycles. The molecule has 0 radical (unpaired) electrons. The summed E-state index contributed by atoms with van der Waals surface area (Å²) in [5, 5.41) is 3.80. The topological polar surface area (TPSA) is 36.8 Å². The zero-order chi connectivity index (χ0) is 16.8. The molecule has 1 fully saturated rings. The van der Waals surface area contributed by atoms with E-state index in [1.54, 1.807) is 0 Å². The van der Waals surface area contributed by atoms with Gasteiger partial charge in [0.15, 0.2) is 6.54 Å². The summed E-state index contributed by atoms with van der Waals surface area (Å²) in [4.78, 5) is 15.7. The minimum absolute atomic E-state index is 0.111.